The maximum Gasteiger partial charge on any atom is 0.345 e. The summed E-state index contributed by atoms with van der Waals surface area (Å²) in [6.07, 6.45) is 0. The molecule has 1 rings (SSSR count). The zero-order valence-corrected chi connectivity index (χ0v) is 12.2. The molecule has 0 aliphatic rings. The number of rotatable bonds is 4. The topological polar surface area (TPSA) is 44.8 Å². The van der Waals surface area contributed by atoms with Crippen molar-refractivity contribution in [1.29, 1.82) is 0 Å². The third-order valence-corrected chi connectivity index (χ3v) is 2.29. The average molecular weight is 288 g/mol. The van der Waals surface area contributed by atoms with Crippen LogP contribution in [0.4, 0.5) is 8.78 Å². The maximum absolute atomic E-state index is 14.0. The fourth-order valence-electron chi connectivity index (χ4n) is 1.48. The van der Waals surface area contributed by atoms with E-state index in [1.54, 1.807) is 20.8 Å². The summed E-state index contributed by atoms with van der Waals surface area (Å²) in [5, 5.41) is 0. The first kappa shape index (κ1) is 16.4. The van der Waals surface area contributed by atoms with E-state index >= 15 is 0 Å². The van der Waals surface area contributed by atoms with Crippen LogP contribution in [-0.2, 0) is 9.47 Å². The highest BCUT2D eigenvalue weighted by molar-refractivity contribution is 5.93. The van der Waals surface area contributed by atoms with E-state index in [-0.39, 0.29) is 18.1 Å². The van der Waals surface area contributed by atoms with Crippen LogP contribution in [0.15, 0.2) is 6.07 Å². The van der Waals surface area contributed by atoms with Crippen molar-refractivity contribution >= 4 is 5.97 Å². The summed E-state index contributed by atoms with van der Waals surface area (Å²) in [7, 11) is 1.37. The molecule has 0 fully saturated rings. The lowest BCUT2D eigenvalue weighted by molar-refractivity contribution is 0.00484. The van der Waals surface area contributed by atoms with E-state index in [0.717, 1.165) is 0 Å². The first-order chi connectivity index (χ1) is 9.17. The normalized spacial score (nSPS) is 11.3. The summed E-state index contributed by atoms with van der Waals surface area (Å²) in [4.78, 5) is 12.0. The second-order valence-electron chi connectivity index (χ2n) is 5.25. The number of hydrogen-bond donors (Lipinski definition) is 0. The van der Waals surface area contributed by atoms with Crippen molar-refractivity contribution in [2.75, 3.05) is 13.9 Å². The molecule has 0 bridgehead atoms. The van der Waals surface area contributed by atoms with E-state index in [1.165, 1.54) is 20.1 Å². The lowest BCUT2D eigenvalue weighted by Crippen LogP contribution is -2.25. The highest BCUT2D eigenvalue weighted by Crippen LogP contribution is 2.29. The van der Waals surface area contributed by atoms with E-state index in [0.29, 0.717) is 0 Å². The fourth-order valence-corrected chi connectivity index (χ4v) is 1.48. The molecule has 0 unspecified atom stereocenters. The molecule has 1 aromatic rings. The zero-order chi connectivity index (χ0) is 15.5. The van der Waals surface area contributed by atoms with Crippen molar-refractivity contribution in [2.45, 2.75) is 33.3 Å². The number of benzene rings is 1. The minimum Gasteiger partial charge on any atom is -0.467 e. The summed E-state index contributed by atoms with van der Waals surface area (Å²) in [5.41, 5.74) is -1.37. The Hall–Kier alpha value is -1.69. The van der Waals surface area contributed by atoms with Gasteiger partial charge >= 0.3 is 5.97 Å². The Labute approximate surface area is 116 Å². The molecule has 0 radical (unpaired) electrons. The van der Waals surface area contributed by atoms with E-state index in [4.69, 9.17) is 14.2 Å². The van der Waals surface area contributed by atoms with Gasteiger partial charge in [-0.1, -0.05) is 0 Å². The molecule has 0 heterocycles. The minimum atomic E-state index is -1.29. The van der Waals surface area contributed by atoms with Gasteiger partial charge in [0.2, 0.25) is 0 Å². The van der Waals surface area contributed by atoms with Gasteiger partial charge in [0.1, 0.15) is 16.9 Å². The quantitative estimate of drug-likeness (QED) is 0.630. The van der Waals surface area contributed by atoms with Gasteiger partial charge in [-0.05, 0) is 39.3 Å². The second kappa shape index (κ2) is 6.17. The Morgan fingerprint density at radius 2 is 1.85 bits per heavy atom. The van der Waals surface area contributed by atoms with Gasteiger partial charge in [-0.25, -0.2) is 13.6 Å². The first-order valence-electron chi connectivity index (χ1n) is 6.01. The molecule has 1 aromatic carbocycles. The standard InChI is InChI=1S/C14H18F2O4/c1-8-6-9(19-7-18-5)10(12(16)11(8)15)13(17)20-14(2,3)4/h6H,7H2,1-5H3. The van der Waals surface area contributed by atoms with Crippen LogP contribution in [0.1, 0.15) is 36.7 Å². The van der Waals surface area contributed by atoms with E-state index in [9.17, 15) is 13.6 Å². The molecular weight excluding hydrogens is 270 g/mol. The Morgan fingerprint density at radius 3 is 2.35 bits per heavy atom. The van der Waals surface area contributed by atoms with Gasteiger partial charge in [0, 0.05) is 7.11 Å². The number of hydrogen-bond acceptors (Lipinski definition) is 4. The predicted octanol–water partition coefficient (Wildman–Crippen LogP) is 3.21. The highest BCUT2D eigenvalue weighted by atomic mass is 19.2. The van der Waals surface area contributed by atoms with Crippen LogP contribution in [0.2, 0.25) is 0 Å². The predicted molar refractivity (Wildman–Crippen MR) is 68.8 cm³/mol. The molecule has 0 saturated heterocycles. The molecular formula is C14H18F2O4. The van der Waals surface area contributed by atoms with Gasteiger partial charge in [0.15, 0.2) is 18.4 Å². The van der Waals surface area contributed by atoms with Gasteiger partial charge in [0.25, 0.3) is 0 Å². The molecule has 0 spiro atoms. The van der Waals surface area contributed by atoms with Gasteiger partial charge in [0.05, 0.1) is 0 Å². The van der Waals surface area contributed by atoms with Crippen LogP contribution in [0.3, 0.4) is 0 Å². The highest BCUT2D eigenvalue weighted by Gasteiger charge is 2.28. The van der Waals surface area contributed by atoms with Gasteiger partial charge < -0.3 is 14.2 Å². The first-order valence-corrected chi connectivity index (χ1v) is 6.01. The Kier molecular flexibility index (Phi) is 5.05. The van der Waals surface area contributed by atoms with Crippen molar-refractivity contribution in [3.63, 3.8) is 0 Å². The largest absolute Gasteiger partial charge is 0.467 e. The van der Waals surface area contributed by atoms with E-state index in [2.05, 4.69) is 0 Å². The fraction of sp³-hybridized carbons (Fsp3) is 0.500. The molecule has 0 amide bonds. The SMILES string of the molecule is COCOc1cc(C)c(F)c(F)c1C(=O)OC(C)(C)C. The Balaban J connectivity index is 3.27. The van der Waals surface area contributed by atoms with Crippen molar-refractivity contribution in [3.8, 4) is 5.75 Å². The van der Waals surface area contributed by atoms with E-state index < -0.39 is 28.8 Å². The van der Waals surface area contributed by atoms with Gasteiger partial charge in [-0.2, -0.15) is 0 Å². The summed E-state index contributed by atoms with van der Waals surface area (Å²) in [5.74, 6) is -3.49. The molecule has 20 heavy (non-hydrogen) atoms. The number of halogens is 2. The lowest BCUT2D eigenvalue weighted by atomic mass is 10.1. The molecule has 0 aliphatic heterocycles. The number of esters is 1. The van der Waals surface area contributed by atoms with Crippen molar-refractivity contribution < 1.29 is 27.8 Å². The van der Waals surface area contributed by atoms with Crippen LogP contribution in [0.25, 0.3) is 0 Å². The summed E-state index contributed by atoms with van der Waals surface area (Å²) in [6, 6.07) is 1.23. The molecule has 0 N–H and O–H groups in total. The number of aryl methyl sites for hydroxylation is 1. The summed E-state index contributed by atoms with van der Waals surface area (Å²) >= 11 is 0. The number of ether oxygens (including phenoxy) is 3. The molecule has 0 saturated carbocycles. The molecule has 0 aliphatic carbocycles. The Bertz CT molecular complexity index is 507. The maximum atomic E-state index is 14.0. The third kappa shape index (κ3) is 3.90. The molecule has 0 aromatic heterocycles. The molecule has 0 atom stereocenters. The summed E-state index contributed by atoms with van der Waals surface area (Å²) < 4.78 is 42.5. The van der Waals surface area contributed by atoms with Gasteiger partial charge in [-0.3, -0.25) is 0 Å². The molecule has 6 heteroatoms. The lowest BCUT2D eigenvalue weighted by Gasteiger charge is -2.21. The minimum absolute atomic E-state index is 0.0286. The smallest absolute Gasteiger partial charge is 0.345 e. The Morgan fingerprint density at radius 1 is 1.25 bits per heavy atom. The summed E-state index contributed by atoms with van der Waals surface area (Å²) in [6.45, 7) is 6.06. The second-order valence-corrected chi connectivity index (χ2v) is 5.25. The van der Waals surface area contributed by atoms with Crippen molar-refractivity contribution in [1.82, 2.24) is 0 Å². The number of carbonyl (C=O) groups excluding carboxylic acids is 1. The van der Waals surface area contributed by atoms with Crippen LogP contribution in [0, 0.1) is 18.6 Å². The zero-order valence-electron chi connectivity index (χ0n) is 12.2. The van der Waals surface area contributed by atoms with E-state index in [1.807, 2.05) is 0 Å². The van der Waals surface area contributed by atoms with Crippen LogP contribution in [-0.4, -0.2) is 25.5 Å². The van der Waals surface area contributed by atoms with Crippen LogP contribution in [0.5, 0.6) is 5.75 Å². The van der Waals surface area contributed by atoms with Crippen LogP contribution < -0.4 is 4.74 Å². The van der Waals surface area contributed by atoms with Crippen molar-refractivity contribution in [2.24, 2.45) is 0 Å². The monoisotopic (exact) mass is 288 g/mol. The number of methoxy groups -OCH3 is 1. The van der Waals surface area contributed by atoms with Crippen molar-refractivity contribution in [3.05, 3.63) is 28.8 Å². The molecule has 112 valence electrons. The average Bonchev–Trinajstić information content (AvgIpc) is 2.30. The number of carbonyl (C=O) groups is 1. The van der Waals surface area contributed by atoms with Gasteiger partial charge in [-0.15, -0.1) is 0 Å². The third-order valence-electron chi connectivity index (χ3n) is 2.29. The van der Waals surface area contributed by atoms with Crippen LogP contribution >= 0.6 is 0 Å². The molecule has 4 nitrogen and oxygen atoms in total.